The number of halogens is 1. The lowest BCUT2D eigenvalue weighted by atomic mass is 10.2. The lowest BCUT2D eigenvalue weighted by Gasteiger charge is -2.27. The highest BCUT2D eigenvalue weighted by atomic mass is 19.1. The van der Waals surface area contributed by atoms with Crippen LogP contribution in [0.2, 0.25) is 0 Å². The zero-order chi connectivity index (χ0) is 18.5. The number of hydrogen-bond acceptors (Lipinski definition) is 4. The van der Waals surface area contributed by atoms with Crippen molar-refractivity contribution in [2.24, 2.45) is 0 Å². The molecule has 2 aromatic carbocycles. The molecule has 1 heterocycles. The highest BCUT2D eigenvalue weighted by molar-refractivity contribution is 5.57. The van der Waals surface area contributed by atoms with Gasteiger partial charge in [-0.15, -0.1) is 0 Å². The maximum Gasteiger partial charge on any atom is 0.228 e. The molecule has 0 saturated carbocycles. The molecule has 0 aliphatic carbocycles. The monoisotopic (exact) mass is 350 g/mol. The van der Waals surface area contributed by atoms with Crippen LogP contribution in [0.3, 0.4) is 0 Å². The van der Waals surface area contributed by atoms with Crippen molar-refractivity contribution in [1.29, 1.82) is 0 Å². The third kappa shape index (κ3) is 4.57. The molecule has 0 saturated heterocycles. The molecule has 0 radical (unpaired) electrons. The molecular formula is C21H23FN4. The van der Waals surface area contributed by atoms with Crippen molar-refractivity contribution in [2.75, 3.05) is 10.2 Å². The van der Waals surface area contributed by atoms with E-state index in [2.05, 4.69) is 46.2 Å². The van der Waals surface area contributed by atoms with Gasteiger partial charge in [0.1, 0.15) is 11.6 Å². The van der Waals surface area contributed by atoms with Gasteiger partial charge in [-0.3, -0.25) is 0 Å². The van der Waals surface area contributed by atoms with E-state index in [0.717, 1.165) is 17.9 Å². The quantitative estimate of drug-likeness (QED) is 0.673. The van der Waals surface area contributed by atoms with Crippen LogP contribution in [-0.4, -0.2) is 16.0 Å². The van der Waals surface area contributed by atoms with E-state index in [4.69, 9.17) is 0 Å². The van der Waals surface area contributed by atoms with Gasteiger partial charge in [-0.1, -0.05) is 30.3 Å². The van der Waals surface area contributed by atoms with Crippen molar-refractivity contribution in [3.63, 3.8) is 0 Å². The topological polar surface area (TPSA) is 41.1 Å². The van der Waals surface area contributed by atoms with Gasteiger partial charge < -0.3 is 10.2 Å². The van der Waals surface area contributed by atoms with Crippen LogP contribution < -0.4 is 10.2 Å². The van der Waals surface area contributed by atoms with E-state index in [9.17, 15) is 4.39 Å². The van der Waals surface area contributed by atoms with E-state index < -0.39 is 0 Å². The van der Waals surface area contributed by atoms with Crippen LogP contribution in [0.15, 0.2) is 60.7 Å². The van der Waals surface area contributed by atoms with Crippen molar-refractivity contribution in [3.8, 4) is 0 Å². The van der Waals surface area contributed by atoms with Crippen LogP contribution >= 0.6 is 0 Å². The van der Waals surface area contributed by atoms with Crippen molar-refractivity contribution in [2.45, 2.75) is 33.4 Å². The van der Waals surface area contributed by atoms with Gasteiger partial charge in [0.15, 0.2) is 0 Å². The maximum absolute atomic E-state index is 13.1. The van der Waals surface area contributed by atoms with Gasteiger partial charge in [0.2, 0.25) is 5.95 Å². The molecule has 0 bridgehead atoms. The number of hydrogen-bond donors (Lipinski definition) is 1. The summed E-state index contributed by atoms with van der Waals surface area (Å²) < 4.78 is 13.1. The van der Waals surface area contributed by atoms with Gasteiger partial charge in [-0.05, 0) is 50.6 Å². The average molecular weight is 350 g/mol. The Balaban J connectivity index is 1.87. The molecule has 0 unspecified atom stereocenters. The van der Waals surface area contributed by atoms with Gasteiger partial charge in [0, 0.05) is 30.0 Å². The predicted octanol–water partition coefficient (Wildman–Crippen LogP) is 5.08. The third-order valence-electron chi connectivity index (χ3n) is 4.04. The van der Waals surface area contributed by atoms with Gasteiger partial charge >= 0.3 is 0 Å². The summed E-state index contributed by atoms with van der Waals surface area (Å²) >= 11 is 0. The molecule has 0 fully saturated rings. The summed E-state index contributed by atoms with van der Waals surface area (Å²) in [5.41, 5.74) is 2.87. The molecule has 4 nitrogen and oxygen atoms in total. The first-order valence-electron chi connectivity index (χ1n) is 8.70. The molecule has 26 heavy (non-hydrogen) atoms. The van der Waals surface area contributed by atoms with Crippen LogP contribution in [0.5, 0.6) is 0 Å². The Morgan fingerprint density at radius 3 is 2.35 bits per heavy atom. The van der Waals surface area contributed by atoms with E-state index in [-0.39, 0.29) is 11.9 Å². The fourth-order valence-corrected chi connectivity index (χ4v) is 2.69. The fraction of sp³-hybridized carbons (Fsp3) is 0.238. The second kappa shape index (κ2) is 7.95. The van der Waals surface area contributed by atoms with Crippen molar-refractivity contribution in [3.05, 3.63) is 77.7 Å². The third-order valence-corrected chi connectivity index (χ3v) is 4.04. The summed E-state index contributed by atoms with van der Waals surface area (Å²) in [6, 6.07) is 18.6. The average Bonchev–Trinajstić information content (AvgIpc) is 2.62. The number of rotatable bonds is 6. The molecule has 0 aliphatic rings. The minimum absolute atomic E-state index is 0.246. The highest BCUT2D eigenvalue weighted by Gasteiger charge is 2.15. The Labute approximate surface area is 153 Å². The Morgan fingerprint density at radius 2 is 1.69 bits per heavy atom. The number of nitrogens with zero attached hydrogens (tertiary/aromatic N) is 3. The van der Waals surface area contributed by atoms with Gasteiger partial charge in [0.25, 0.3) is 0 Å². The molecule has 0 aliphatic heterocycles. The molecule has 5 heteroatoms. The summed E-state index contributed by atoms with van der Waals surface area (Å²) in [6.07, 6.45) is 0. The summed E-state index contributed by atoms with van der Waals surface area (Å²) in [4.78, 5) is 11.5. The zero-order valence-corrected chi connectivity index (χ0v) is 15.3. The largest absolute Gasteiger partial charge is 0.340 e. The Morgan fingerprint density at radius 1 is 1.00 bits per heavy atom. The normalized spacial score (nSPS) is 10.8. The molecular weight excluding hydrogens is 327 g/mol. The Bertz CT molecular complexity index is 848. The highest BCUT2D eigenvalue weighted by Crippen LogP contribution is 2.21. The van der Waals surface area contributed by atoms with Crippen LogP contribution in [0.25, 0.3) is 0 Å². The predicted molar refractivity (Wildman–Crippen MR) is 104 cm³/mol. The number of nitrogens with one attached hydrogen (secondary N) is 1. The van der Waals surface area contributed by atoms with E-state index in [1.165, 1.54) is 17.7 Å². The minimum Gasteiger partial charge on any atom is -0.340 e. The van der Waals surface area contributed by atoms with E-state index in [0.29, 0.717) is 11.8 Å². The summed E-state index contributed by atoms with van der Waals surface area (Å²) in [6.45, 7) is 6.93. The van der Waals surface area contributed by atoms with E-state index >= 15 is 0 Å². The van der Waals surface area contributed by atoms with E-state index in [1.807, 2.05) is 31.2 Å². The molecule has 0 amide bonds. The lowest BCUT2D eigenvalue weighted by Crippen LogP contribution is -2.32. The van der Waals surface area contributed by atoms with Gasteiger partial charge in [-0.25, -0.2) is 9.37 Å². The smallest absolute Gasteiger partial charge is 0.228 e. The molecule has 1 N–H and O–H groups in total. The van der Waals surface area contributed by atoms with Crippen molar-refractivity contribution in [1.82, 2.24) is 9.97 Å². The first-order chi connectivity index (χ1) is 12.5. The SMILES string of the molecule is Cc1cc(Nc2ccc(F)cc2)nc(N(Cc2ccccc2)C(C)C)n1. The molecule has 0 spiro atoms. The molecule has 3 rings (SSSR count). The first-order valence-corrected chi connectivity index (χ1v) is 8.70. The number of aryl methyl sites for hydroxylation is 1. The summed E-state index contributed by atoms with van der Waals surface area (Å²) in [5.74, 6) is 1.11. The summed E-state index contributed by atoms with van der Waals surface area (Å²) in [5, 5.41) is 3.23. The Hall–Kier alpha value is -2.95. The second-order valence-electron chi connectivity index (χ2n) is 6.53. The second-order valence-corrected chi connectivity index (χ2v) is 6.53. The van der Waals surface area contributed by atoms with Crippen LogP contribution in [0.4, 0.5) is 21.8 Å². The number of anilines is 3. The lowest BCUT2D eigenvalue weighted by molar-refractivity contribution is 0.628. The van der Waals surface area contributed by atoms with Crippen LogP contribution in [0.1, 0.15) is 25.1 Å². The van der Waals surface area contributed by atoms with Crippen molar-refractivity contribution < 1.29 is 4.39 Å². The minimum atomic E-state index is -0.260. The van der Waals surface area contributed by atoms with Gasteiger partial charge in [-0.2, -0.15) is 4.98 Å². The van der Waals surface area contributed by atoms with Crippen LogP contribution in [-0.2, 0) is 6.54 Å². The number of aromatic nitrogens is 2. The Kier molecular flexibility index (Phi) is 5.46. The molecule has 0 atom stereocenters. The van der Waals surface area contributed by atoms with Crippen molar-refractivity contribution >= 4 is 17.5 Å². The number of benzene rings is 2. The standard InChI is InChI=1S/C21H23FN4/c1-15(2)26(14-17-7-5-4-6-8-17)21-23-16(3)13-20(25-21)24-19-11-9-18(22)10-12-19/h4-13,15H,14H2,1-3H3,(H,23,24,25). The van der Waals surface area contributed by atoms with Crippen LogP contribution in [0, 0.1) is 12.7 Å². The zero-order valence-electron chi connectivity index (χ0n) is 15.3. The maximum atomic E-state index is 13.1. The van der Waals surface area contributed by atoms with E-state index in [1.54, 1.807) is 12.1 Å². The molecule has 3 aromatic rings. The van der Waals surface area contributed by atoms with Gasteiger partial charge in [0.05, 0.1) is 0 Å². The first kappa shape index (κ1) is 17.9. The molecule has 1 aromatic heterocycles. The molecule has 134 valence electrons. The fourth-order valence-electron chi connectivity index (χ4n) is 2.69. The summed E-state index contributed by atoms with van der Waals surface area (Å²) in [7, 11) is 0.